The third-order valence-electron chi connectivity index (χ3n) is 4.67. The van der Waals surface area contributed by atoms with Gasteiger partial charge in [-0.1, -0.05) is 6.07 Å². The van der Waals surface area contributed by atoms with Crippen molar-refractivity contribution in [2.45, 2.75) is 37.6 Å². The van der Waals surface area contributed by atoms with Crippen molar-refractivity contribution in [3.05, 3.63) is 52.2 Å². The molecule has 2 aromatic rings. The first-order valence-electron chi connectivity index (χ1n) is 8.98. The smallest absolute Gasteiger partial charge is 0.252 e. The predicted molar refractivity (Wildman–Crippen MR) is 100 cm³/mol. The molecule has 0 spiro atoms. The van der Waals surface area contributed by atoms with Crippen molar-refractivity contribution in [3.63, 3.8) is 0 Å². The van der Waals surface area contributed by atoms with Crippen molar-refractivity contribution in [2.24, 2.45) is 0 Å². The van der Waals surface area contributed by atoms with Crippen LogP contribution in [-0.4, -0.2) is 31.4 Å². The number of nitrogens with one attached hydrogen (secondary N) is 3. The maximum atomic E-state index is 12.4. The number of benzene rings is 1. The van der Waals surface area contributed by atoms with Crippen LogP contribution in [0.1, 0.15) is 40.5 Å². The molecule has 1 aromatic carbocycles. The Balaban J connectivity index is 1.26. The van der Waals surface area contributed by atoms with Crippen LogP contribution in [0.4, 0.5) is 0 Å². The summed E-state index contributed by atoms with van der Waals surface area (Å²) < 4.78 is 11.3. The van der Waals surface area contributed by atoms with E-state index in [0.29, 0.717) is 12.2 Å². The number of rotatable bonds is 6. The topological polar surface area (TPSA) is 71.6 Å². The Morgan fingerprint density at radius 2 is 2.15 bits per heavy atom. The van der Waals surface area contributed by atoms with Gasteiger partial charge in [0.1, 0.15) is 12.4 Å². The Hall–Kier alpha value is -1.93. The van der Waals surface area contributed by atoms with Crippen LogP contribution in [0.5, 0.6) is 5.75 Å². The van der Waals surface area contributed by atoms with Gasteiger partial charge in [-0.2, -0.15) is 0 Å². The van der Waals surface area contributed by atoms with Gasteiger partial charge in [-0.3, -0.25) is 4.79 Å². The number of carbonyl (C=O) groups is 1. The van der Waals surface area contributed by atoms with Gasteiger partial charge in [0.15, 0.2) is 0 Å². The molecule has 3 unspecified atom stereocenters. The lowest BCUT2D eigenvalue weighted by Crippen LogP contribution is -2.44. The zero-order chi connectivity index (χ0) is 17.8. The van der Waals surface area contributed by atoms with Gasteiger partial charge >= 0.3 is 0 Å². The molecule has 6 nitrogen and oxygen atoms in total. The van der Waals surface area contributed by atoms with Gasteiger partial charge in [-0.25, -0.2) is 10.9 Å². The Labute approximate surface area is 156 Å². The lowest BCUT2D eigenvalue weighted by molar-refractivity contribution is 0.0679. The van der Waals surface area contributed by atoms with Gasteiger partial charge in [0.05, 0.1) is 18.3 Å². The van der Waals surface area contributed by atoms with E-state index in [-0.39, 0.29) is 24.2 Å². The maximum Gasteiger partial charge on any atom is 0.252 e. The highest BCUT2D eigenvalue weighted by Crippen LogP contribution is 2.25. The number of ether oxygens (including phenoxy) is 2. The second-order valence-electron chi connectivity index (χ2n) is 6.59. The molecule has 0 bridgehead atoms. The van der Waals surface area contributed by atoms with Crippen molar-refractivity contribution >= 4 is 17.2 Å². The minimum Gasteiger partial charge on any atom is -0.491 e. The molecular formula is C19H23N3O3S. The summed E-state index contributed by atoms with van der Waals surface area (Å²) in [5.74, 6) is 0.664. The van der Waals surface area contributed by atoms with E-state index in [1.807, 2.05) is 18.2 Å². The minimum atomic E-state index is -0.0956. The summed E-state index contributed by atoms with van der Waals surface area (Å²) in [6, 6.07) is 11.6. The van der Waals surface area contributed by atoms with Gasteiger partial charge in [-0.05, 0) is 48.6 Å². The fourth-order valence-electron chi connectivity index (χ4n) is 3.24. The van der Waals surface area contributed by atoms with Gasteiger partial charge in [0, 0.05) is 23.5 Å². The van der Waals surface area contributed by atoms with E-state index < -0.39 is 0 Å². The third kappa shape index (κ3) is 4.24. The van der Waals surface area contributed by atoms with Crippen LogP contribution in [-0.2, 0) is 4.74 Å². The Kier molecular flexibility index (Phi) is 5.50. The lowest BCUT2D eigenvalue weighted by Gasteiger charge is -2.13. The summed E-state index contributed by atoms with van der Waals surface area (Å²) in [4.78, 5) is 13.7. The van der Waals surface area contributed by atoms with Crippen LogP contribution in [0.25, 0.3) is 0 Å². The summed E-state index contributed by atoms with van der Waals surface area (Å²) in [5, 5.41) is 5.08. The summed E-state index contributed by atoms with van der Waals surface area (Å²) in [6.45, 7) is 1.39. The molecular weight excluding hydrogens is 350 g/mol. The molecule has 3 heterocycles. The zero-order valence-electron chi connectivity index (χ0n) is 14.4. The molecule has 138 valence electrons. The van der Waals surface area contributed by atoms with Crippen molar-refractivity contribution in [2.75, 3.05) is 13.2 Å². The van der Waals surface area contributed by atoms with E-state index in [9.17, 15) is 4.79 Å². The molecule has 0 saturated carbocycles. The van der Waals surface area contributed by atoms with Crippen LogP contribution >= 0.6 is 11.3 Å². The Morgan fingerprint density at radius 3 is 2.88 bits per heavy atom. The standard InChI is InChI=1S/C19H23N3O3S/c23-19(20-18-11-16(21-22-18)17-4-2-10-26-17)13-5-7-14(8-6-13)25-12-15-3-1-9-24-15/h2,4-8,10,15-16,18,21-22H,1,3,9,11-12H2,(H,20,23). The summed E-state index contributed by atoms with van der Waals surface area (Å²) in [7, 11) is 0. The lowest BCUT2D eigenvalue weighted by atomic mass is 10.1. The number of carbonyl (C=O) groups excluding carboxylic acids is 1. The highest BCUT2D eigenvalue weighted by atomic mass is 32.1. The van der Waals surface area contributed by atoms with Crippen LogP contribution in [0.15, 0.2) is 41.8 Å². The van der Waals surface area contributed by atoms with E-state index in [2.05, 4.69) is 27.6 Å². The van der Waals surface area contributed by atoms with Gasteiger partial charge < -0.3 is 14.8 Å². The number of hydrogen-bond donors (Lipinski definition) is 3. The minimum absolute atomic E-state index is 0.0926. The molecule has 26 heavy (non-hydrogen) atoms. The number of hydrogen-bond acceptors (Lipinski definition) is 6. The number of thiophene rings is 1. The molecule has 1 aromatic heterocycles. The monoisotopic (exact) mass is 373 g/mol. The van der Waals surface area contributed by atoms with Crippen molar-refractivity contribution in [3.8, 4) is 5.75 Å². The zero-order valence-corrected chi connectivity index (χ0v) is 15.3. The van der Waals surface area contributed by atoms with E-state index in [1.165, 1.54) is 4.88 Å². The van der Waals surface area contributed by atoms with Crippen LogP contribution in [0, 0.1) is 0 Å². The molecule has 3 N–H and O–H groups in total. The molecule has 0 aliphatic carbocycles. The molecule has 2 fully saturated rings. The first kappa shape index (κ1) is 17.5. The fraction of sp³-hybridized carbons (Fsp3) is 0.421. The second kappa shape index (κ2) is 8.18. The van der Waals surface area contributed by atoms with E-state index in [4.69, 9.17) is 9.47 Å². The first-order chi connectivity index (χ1) is 12.8. The molecule has 7 heteroatoms. The number of hydrazine groups is 1. The predicted octanol–water partition coefficient (Wildman–Crippen LogP) is 2.60. The summed E-state index contributed by atoms with van der Waals surface area (Å²) >= 11 is 1.71. The highest BCUT2D eigenvalue weighted by Gasteiger charge is 2.26. The van der Waals surface area contributed by atoms with Gasteiger partial charge in [-0.15, -0.1) is 11.3 Å². The largest absolute Gasteiger partial charge is 0.491 e. The van der Waals surface area contributed by atoms with E-state index in [0.717, 1.165) is 31.6 Å². The molecule has 3 atom stereocenters. The fourth-order valence-corrected chi connectivity index (χ4v) is 4.03. The van der Waals surface area contributed by atoms with Crippen molar-refractivity contribution < 1.29 is 14.3 Å². The van der Waals surface area contributed by atoms with Crippen LogP contribution < -0.4 is 20.9 Å². The van der Waals surface area contributed by atoms with E-state index in [1.54, 1.807) is 23.5 Å². The Morgan fingerprint density at radius 1 is 1.27 bits per heavy atom. The van der Waals surface area contributed by atoms with Gasteiger partial charge in [0.25, 0.3) is 5.91 Å². The second-order valence-corrected chi connectivity index (χ2v) is 7.57. The molecule has 0 radical (unpaired) electrons. The molecule has 2 aliphatic rings. The van der Waals surface area contributed by atoms with Crippen LogP contribution in [0.3, 0.4) is 0 Å². The quantitative estimate of drug-likeness (QED) is 0.726. The molecule has 2 aliphatic heterocycles. The van der Waals surface area contributed by atoms with E-state index >= 15 is 0 Å². The van der Waals surface area contributed by atoms with Gasteiger partial charge in [0.2, 0.25) is 0 Å². The average molecular weight is 373 g/mol. The summed E-state index contributed by atoms with van der Waals surface area (Å²) in [5.41, 5.74) is 7.00. The third-order valence-corrected chi connectivity index (χ3v) is 5.66. The van der Waals surface area contributed by atoms with Crippen molar-refractivity contribution in [1.29, 1.82) is 0 Å². The first-order valence-corrected chi connectivity index (χ1v) is 9.86. The van der Waals surface area contributed by atoms with Crippen LogP contribution in [0.2, 0.25) is 0 Å². The highest BCUT2D eigenvalue weighted by molar-refractivity contribution is 7.10. The number of amides is 1. The Bertz CT molecular complexity index is 714. The molecule has 4 rings (SSSR count). The normalized spacial score (nSPS) is 25.3. The summed E-state index contributed by atoms with van der Waals surface area (Å²) in [6.07, 6.45) is 3.06. The molecule has 2 saturated heterocycles. The SMILES string of the molecule is O=C(NC1CC(c2cccs2)NN1)c1ccc(OCC2CCCO2)cc1. The van der Waals surface area contributed by atoms with Crippen molar-refractivity contribution in [1.82, 2.24) is 16.2 Å². The molecule has 1 amide bonds. The average Bonchev–Trinajstić information content (AvgIpc) is 3.41. The maximum absolute atomic E-state index is 12.4.